The van der Waals surface area contributed by atoms with E-state index in [2.05, 4.69) is 5.32 Å². The maximum atomic E-state index is 14.8. The topological polar surface area (TPSA) is 295 Å². The molecule has 0 aliphatic heterocycles. The number of nitrogens with one attached hydrogen (secondary N) is 1. The Bertz CT molecular complexity index is 3540. The molecule has 0 amide bonds. The number of fused-ring (bicyclic) bond motifs is 2. The minimum Gasteiger partial charge on any atom is -0.454 e. The number of anilines is 2. The van der Waals surface area contributed by atoms with Crippen molar-refractivity contribution in [3.8, 4) is 22.6 Å². The lowest BCUT2D eigenvalue weighted by Crippen LogP contribution is -2.29. The normalized spacial score (nSPS) is 13.2. The van der Waals surface area contributed by atoms with E-state index in [0.29, 0.717) is 18.1 Å². The number of nitrogens with zero attached hydrogens (tertiary/aromatic N) is 1. The van der Waals surface area contributed by atoms with Crippen molar-refractivity contribution in [1.82, 2.24) is 4.57 Å². The highest BCUT2D eigenvalue weighted by molar-refractivity contribution is 7.87. The van der Waals surface area contributed by atoms with Crippen molar-refractivity contribution in [2.24, 2.45) is 7.05 Å². The molecular formula is C41H34N2O16S4. The average molecular weight is 939 g/mol. The van der Waals surface area contributed by atoms with Gasteiger partial charge < -0.3 is 14.6 Å². The summed E-state index contributed by atoms with van der Waals surface area (Å²) in [5, 5.41) is 2.46. The van der Waals surface area contributed by atoms with E-state index in [-0.39, 0.29) is 44.4 Å². The highest BCUT2D eigenvalue weighted by atomic mass is 32.2. The van der Waals surface area contributed by atoms with Gasteiger partial charge in [0.15, 0.2) is 17.3 Å². The molecule has 1 aromatic heterocycles. The Labute approximate surface area is 359 Å². The first-order valence-electron chi connectivity index (χ1n) is 18.3. The predicted octanol–water partition coefficient (Wildman–Crippen LogP) is 6.19. The molecular weight excluding hydrogens is 905 g/mol. The van der Waals surface area contributed by atoms with Gasteiger partial charge in [-0.25, -0.2) is 0 Å². The average Bonchev–Trinajstić information content (AvgIpc) is 3.20. The molecule has 6 aromatic rings. The molecule has 7 rings (SSSR count). The van der Waals surface area contributed by atoms with E-state index in [1.165, 1.54) is 55.6 Å². The van der Waals surface area contributed by atoms with Crippen molar-refractivity contribution >= 4 is 74.3 Å². The number of carbonyl (C=O) groups is 2. The molecule has 1 heterocycles. The zero-order valence-electron chi connectivity index (χ0n) is 33.1. The number of pyridine rings is 1. The zero-order valence-corrected chi connectivity index (χ0v) is 36.4. The lowest BCUT2D eigenvalue weighted by atomic mass is 9.79. The lowest BCUT2D eigenvalue weighted by molar-refractivity contribution is 0.102. The molecule has 0 atom stereocenters. The number of benzene rings is 5. The molecule has 0 fully saturated rings. The third-order valence-corrected chi connectivity index (χ3v) is 14.3. The third kappa shape index (κ3) is 8.06. The number of aryl methyl sites for hydroxylation is 1. The fraction of sp³-hybridized carbons (Fsp3) is 0.146. The summed E-state index contributed by atoms with van der Waals surface area (Å²) in [5.74, 6) is -2.81. The van der Waals surface area contributed by atoms with Gasteiger partial charge in [-0.2, -0.15) is 33.7 Å². The smallest absolute Gasteiger partial charge is 0.298 e. The molecule has 1 aliphatic rings. The number of carbonyl (C=O) groups excluding carboxylic acids is 2. The molecule has 0 saturated heterocycles. The van der Waals surface area contributed by atoms with E-state index in [1.807, 2.05) is 20.8 Å². The Morgan fingerprint density at radius 2 is 1.29 bits per heavy atom. The second kappa shape index (κ2) is 15.3. The van der Waals surface area contributed by atoms with Crippen molar-refractivity contribution < 1.29 is 66.2 Å². The minimum absolute atomic E-state index is 0.0102. The molecule has 18 nitrogen and oxygen atoms in total. The Morgan fingerprint density at radius 3 is 1.89 bits per heavy atom. The Balaban J connectivity index is 1.64. The summed E-state index contributed by atoms with van der Waals surface area (Å²) in [5.41, 5.74) is -4.06. The van der Waals surface area contributed by atoms with E-state index < -0.39 is 105 Å². The maximum Gasteiger partial charge on any atom is 0.298 e. The Morgan fingerprint density at radius 1 is 0.667 bits per heavy atom. The first kappa shape index (κ1) is 44.9. The summed E-state index contributed by atoms with van der Waals surface area (Å²) in [7, 11) is -19.1. The standard InChI is InChI=1S/C41H34N2O16S4/c1-5-41(2,3)22-13-16-29(32(18-22)63(56,57)58)59-30-20-28(42-27-15-14-24(61(50,51)52)19-31(27)62(53,54)55)34-35-33(25-11-6-7-12-26(25)39(34)45)36(40(46)43(4)37(30)35)38(44)21-9-8-10-23(17-21)60(47,48)49/h6-20,42H,5H2,1-4H3,(H,47,48,49)(H,50,51,52)(H,53,54,55)(H,56,57,58). The number of hydrogen-bond acceptors (Lipinski definition) is 13. The second-order valence-corrected chi connectivity index (χ2v) is 20.7. The second-order valence-electron chi connectivity index (χ2n) is 15.1. The van der Waals surface area contributed by atoms with Gasteiger partial charge in [-0.3, -0.25) is 32.6 Å². The molecule has 22 heteroatoms. The molecule has 1 aliphatic carbocycles. The van der Waals surface area contributed by atoms with Crippen molar-refractivity contribution in [1.29, 1.82) is 0 Å². The first-order valence-corrected chi connectivity index (χ1v) is 24.1. The number of ketones is 2. The molecule has 0 radical (unpaired) electrons. The van der Waals surface area contributed by atoms with Crippen LogP contribution in [0.4, 0.5) is 11.4 Å². The van der Waals surface area contributed by atoms with Crippen LogP contribution in [-0.2, 0) is 52.9 Å². The maximum absolute atomic E-state index is 14.8. The SMILES string of the molecule is CCC(C)(C)c1ccc(Oc2cc(Nc3ccc(S(=O)(=O)O)cc3S(=O)(=O)O)c3c4c(c(C(=O)c5cccc(S(=O)(=O)O)c5)c(=O)n(C)c24)-c2ccccc2C3=O)c(S(=O)(=O)O)c1. The summed E-state index contributed by atoms with van der Waals surface area (Å²) in [6, 6.07) is 16.9. The van der Waals surface area contributed by atoms with Gasteiger partial charge in [0.1, 0.15) is 15.5 Å². The molecule has 0 unspecified atom stereocenters. The third-order valence-electron chi connectivity index (χ3n) is 10.8. The molecule has 5 aromatic carbocycles. The fourth-order valence-corrected chi connectivity index (χ4v) is 9.68. The van der Waals surface area contributed by atoms with E-state index >= 15 is 0 Å². The lowest BCUT2D eigenvalue weighted by Gasteiger charge is -2.28. The van der Waals surface area contributed by atoms with Crippen LogP contribution in [0.3, 0.4) is 0 Å². The van der Waals surface area contributed by atoms with Gasteiger partial charge in [0.05, 0.1) is 37.8 Å². The molecule has 0 saturated carbocycles. The summed E-state index contributed by atoms with van der Waals surface area (Å²) in [4.78, 5) is 40.6. The number of aromatic nitrogens is 1. The van der Waals surface area contributed by atoms with Crippen LogP contribution in [0.2, 0.25) is 0 Å². The van der Waals surface area contributed by atoms with Crippen LogP contribution in [0.15, 0.2) is 115 Å². The highest BCUT2D eigenvalue weighted by Gasteiger charge is 2.37. The van der Waals surface area contributed by atoms with Gasteiger partial charge in [-0.1, -0.05) is 63.2 Å². The number of hydrogen-bond donors (Lipinski definition) is 5. The van der Waals surface area contributed by atoms with E-state index in [9.17, 15) is 66.3 Å². The van der Waals surface area contributed by atoms with Crippen LogP contribution < -0.4 is 15.6 Å². The van der Waals surface area contributed by atoms with Crippen LogP contribution in [0.25, 0.3) is 22.0 Å². The summed E-state index contributed by atoms with van der Waals surface area (Å²) in [6.07, 6.45) is 0.539. The van der Waals surface area contributed by atoms with Gasteiger partial charge in [0.2, 0.25) is 0 Å². The summed E-state index contributed by atoms with van der Waals surface area (Å²) >= 11 is 0. The van der Waals surface area contributed by atoms with Crippen LogP contribution in [0, 0.1) is 0 Å². The van der Waals surface area contributed by atoms with Crippen LogP contribution in [0.5, 0.6) is 11.5 Å². The van der Waals surface area contributed by atoms with E-state index in [4.69, 9.17) is 4.74 Å². The van der Waals surface area contributed by atoms with Crippen molar-refractivity contribution in [3.63, 3.8) is 0 Å². The molecule has 63 heavy (non-hydrogen) atoms. The summed E-state index contributed by atoms with van der Waals surface area (Å²) < 4.78 is 147. The molecule has 0 spiro atoms. The monoisotopic (exact) mass is 938 g/mol. The first-order chi connectivity index (χ1) is 29.1. The van der Waals surface area contributed by atoms with Crippen LogP contribution in [-0.4, -0.2) is 68.0 Å². The van der Waals surface area contributed by atoms with Crippen molar-refractivity contribution in [3.05, 3.63) is 129 Å². The number of ether oxygens (including phenoxy) is 1. The van der Waals surface area contributed by atoms with E-state index in [0.717, 1.165) is 41.0 Å². The molecule has 0 bridgehead atoms. The van der Waals surface area contributed by atoms with Gasteiger partial charge >= 0.3 is 0 Å². The molecule has 5 N–H and O–H groups in total. The quantitative estimate of drug-likeness (QED) is 0.0674. The van der Waals surface area contributed by atoms with Gasteiger partial charge in [0, 0.05) is 35.2 Å². The van der Waals surface area contributed by atoms with Crippen LogP contribution in [0.1, 0.15) is 64.6 Å². The zero-order chi connectivity index (χ0) is 46.4. The number of rotatable bonds is 12. The van der Waals surface area contributed by atoms with Gasteiger partial charge in [-0.05, 0) is 65.4 Å². The van der Waals surface area contributed by atoms with Gasteiger partial charge in [-0.15, -0.1) is 0 Å². The fourth-order valence-electron chi connectivity index (χ4n) is 7.26. The van der Waals surface area contributed by atoms with E-state index in [1.54, 1.807) is 0 Å². The largest absolute Gasteiger partial charge is 0.454 e. The van der Waals surface area contributed by atoms with Crippen LogP contribution >= 0.6 is 0 Å². The van der Waals surface area contributed by atoms with Gasteiger partial charge in [0.25, 0.3) is 46.0 Å². The predicted molar refractivity (Wildman–Crippen MR) is 227 cm³/mol. The van der Waals surface area contributed by atoms with Crippen molar-refractivity contribution in [2.45, 2.75) is 52.2 Å². The highest BCUT2D eigenvalue weighted by Crippen LogP contribution is 2.49. The van der Waals surface area contributed by atoms with Crippen molar-refractivity contribution in [2.75, 3.05) is 5.32 Å². The Hall–Kier alpha value is -6.11. The Kier molecular flexibility index (Phi) is 10.9. The molecule has 328 valence electrons. The minimum atomic E-state index is -5.33. The summed E-state index contributed by atoms with van der Waals surface area (Å²) in [6.45, 7) is 5.51.